The van der Waals surface area contributed by atoms with Crippen LogP contribution in [0.3, 0.4) is 0 Å². The maximum atomic E-state index is 13.5. The number of rotatable bonds is 1. The van der Waals surface area contributed by atoms with Gasteiger partial charge in [0.25, 0.3) is 5.91 Å². The third kappa shape index (κ3) is 4.03. The van der Waals surface area contributed by atoms with Crippen molar-refractivity contribution in [3.05, 3.63) is 35.1 Å². The monoisotopic (exact) mass is 290 g/mol. The lowest BCUT2D eigenvalue weighted by molar-refractivity contribution is 0.0562. The minimum absolute atomic E-state index is 0.0245. The molecule has 1 aromatic rings. The fraction of sp³-hybridized carbons (Fsp3) is 0.438. The molecular weight excluding hydrogens is 271 g/mol. The first-order chi connectivity index (χ1) is 10.1. The Kier molecular flexibility index (Phi) is 5.32. The molecular formula is C16H19FN2O2. The van der Waals surface area contributed by atoms with Crippen LogP contribution in [-0.2, 0) is 4.74 Å². The topological polar surface area (TPSA) is 55.6 Å². The third-order valence-corrected chi connectivity index (χ3v) is 3.28. The van der Waals surface area contributed by atoms with Crippen molar-refractivity contribution < 1.29 is 13.9 Å². The fourth-order valence-electron chi connectivity index (χ4n) is 2.30. The van der Waals surface area contributed by atoms with E-state index in [9.17, 15) is 9.18 Å². The summed E-state index contributed by atoms with van der Waals surface area (Å²) in [6, 6.07) is 4.05. The first kappa shape index (κ1) is 15.5. The Labute approximate surface area is 124 Å². The van der Waals surface area contributed by atoms with Crippen LogP contribution in [0.5, 0.6) is 0 Å². The van der Waals surface area contributed by atoms with E-state index in [1.165, 1.54) is 18.2 Å². The van der Waals surface area contributed by atoms with Crippen LogP contribution >= 0.6 is 0 Å². The van der Waals surface area contributed by atoms with Crippen LogP contribution in [0.2, 0.25) is 0 Å². The van der Waals surface area contributed by atoms with E-state index in [4.69, 9.17) is 10.5 Å². The van der Waals surface area contributed by atoms with Crippen LogP contribution in [0.15, 0.2) is 18.2 Å². The summed E-state index contributed by atoms with van der Waals surface area (Å²) in [7, 11) is 0. The van der Waals surface area contributed by atoms with Crippen LogP contribution in [0.25, 0.3) is 0 Å². The second kappa shape index (κ2) is 7.21. The third-order valence-electron chi connectivity index (χ3n) is 3.28. The normalized spacial score (nSPS) is 18.6. The summed E-state index contributed by atoms with van der Waals surface area (Å²) in [5.74, 6) is 4.87. The van der Waals surface area contributed by atoms with Gasteiger partial charge in [-0.15, -0.1) is 0 Å². The smallest absolute Gasteiger partial charge is 0.255 e. The summed E-state index contributed by atoms with van der Waals surface area (Å²) in [5.41, 5.74) is 6.14. The van der Waals surface area contributed by atoms with Crippen LogP contribution in [0.4, 0.5) is 4.39 Å². The zero-order valence-corrected chi connectivity index (χ0v) is 12.1. The number of nitrogens with zero attached hydrogens (tertiary/aromatic N) is 1. The van der Waals surface area contributed by atoms with Gasteiger partial charge in [0.15, 0.2) is 0 Å². The molecule has 1 amide bonds. The van der Waals surface area contributed by atoms with Crippen molar-refractivity contribution in [2.75, 3.05) is 26.2 Å². The summed E-state index contributed by atoms with van der Waals surface area (Å²) >= 11 is 0. The van der Waals surface area contributed by atoms with Crippen LogP contribution in [0.1, 0.15) is 29.3 Å². The van der Waals surface area contributed by atoms with E-state index in [1.54, 1.807) is 4.90 Å². The van der Waals surface area contributed by atoms with Crippen molar-refractivity contribution in [3.8, 4) is 11.8 Å². The molecule has 21 heavy (non-hydrogen) atoms. The van der Waals surface area contributed by atoms with E-state index in [-0.39, 0.29) is 24.1 Å². The lowest BCUT2D eigenvalue weighted by Gasteiger charge is -2.22. The fourth-order valence-corrected chi connectivity index (χ4v) is 2.30. The maximum absolute atomic E-state index is 13.5. The number of nitrogens with two attached hydrogens (primary N) is 1. The SMILES string of the molecule is CC1CN(C(=O)c2cc(F)ccc2C#CCN)CCCO1. The molecule has 2 N–H and O–H groups in total. The van der Waals surface area contributed by atoms with Crippen molar-refractivity contribution in [1.29, 1.82) is 0 Å². The largest absolute Gasteiger partial charge is 0.377 e. The average Bonchev–Trinajstić information content (AvgIpc) is 2.70. The molecule has 1 unspecified atom stereocenters. The molecule has 1 saturated heterocycles. The number of halogens is 1. The molecule has 4 nitrogen and oxygen atoms in total. The minimum atomic E-state index is -0.448. The van der Waals surface area contributed by atoms with Crippen molar-refractivity contribution in [3.63, 3.8) is 0 Å². The number of hydrogen-bond donors (Lipinski definition) is 1. The number of amides is 1. The van der Waals surface area contributed by atoms with Gasteiger partial charge in [-0.3, -0.25) is 4.79 Å². The molecule has 1 aliphatic heterocycles. The Balaban J connectivity index is 2.30. The molecule has 0 aliphatic carbocycles. The highest BCUT2D eigenvalue weighted by molar-refractivity contribution is 5.96. The van der Waals surface area contributed by atoms with Gasteiger partial charge in [0.1, 0.15) is 5.82 Å². The first-order valence-corrected chi connectivity index (χ1v) is 7.01. The maximum Gasteiger partial charge on any atom is 0.255 e. The molecule has 2 rings (SSSR count). The number of carbonyl (C=O) groups is 1. The van der Waals surface area contributed by atoms with Gasteiger partial charge in [-0.25, -0.2) is 4.39 Å². The Morgan fingerprint density at radius 3 is 3.14 bits per heavy atom. The molecule has 0 bridgehead atoms. The number of benzene rings is 1. The van der Waals surface area contributed by atoms with Gasteiger partial charge in [0.05, 0.1) is 18.2 Å². The van der Waals surface area contributed by atoms with Gasteiger partial charge in [-0.2, -0.15) is 0 Å². The second-order valence-corrected chi connectivity index (χ2v) is 4.98. The van der Waals surface area contributed by atoms with Gasteiger partial charge < -0.3 is 15.4 Å². The van der Waals surface area contributed by atoms with Crippen molar-refractivity contribution in [2.24, 2.45) is 5.73 Å². The van der Waals surface area contributed by atoms with Gasteiger partial charge in [0, 0.05) is 25.3 Å². The molecule has 1 aromatic carbocycles. The minimum Gasteiger partial charge on any atom is -0.377 e. The molecule has 5 heteroatoms. The van der Waals surface area contributed by atoms with Gasteiger partial charge >= 0.3 is 0 Å². The Bertz CT molecular complexity index is 577. The zero-order valence-electron chi connectivity index (χ0n) is 12.1. The second-order valence-electron chi connectivity index (χ2n) is 4.98. The van der Waals surface area contributed by atoms with Crippen molar-refractivity contribution in [2.45, 2.75) is 19.4 Å². The quantitative estimate of drug-likeness (QED) is 0.795. The highest BCUT2D eigenvalue weighted by Crippen LogP contribution is 2.16. The zero-order chi connectivity index (χ0) is 15.2. The summed E-state index contributed by atoms with van der Waals surface area (Å²) in [6.07, 6.45) is 0.749. The molecule has 112 valence electrons. The lowest BCUT2D eigenvalue weighted by Crippen LogP contribution is -2.36. The first-order valence-electron chi connectivity index (χ1n) is 7.01. The highest BCUT2D eigenvalue weighted by Gasteiger charge is 2.23. The molecule has 0 aromatic heterocycles. The van der Waals surface area contributed by atoms with Gasteiger partial charge in [0.2, 0.25) is 0 Å². The molecule has 1 fully saturated rings. The summed E-state index contributed by atoms with van der Waals surface area (Å²) < 4.78 is 19.0. The molecule has 0 radical (unpaired) electrons. The van der Waals surface area contributed by atoms with E-state index >= 15 is 0 Å². The molecule has 1 atom stereocenters. The van der Waals surface area contributed by atoms with Crippen molar-refractivity contribution >= 4 is 5.91 Å². The van der Waals surface area contributed by atoms with Crippen LogP contribution in [-0.4, -0.2) is 43.2 Å². The number of carbonyl (C=O) groups excluding carboxylic acids is 1. The summed E-state index contributed by atoms with van der Waals surface area (Å²) in [4.78, 5) is 14.3. The summed E-state index contributed by atoms with van der Waals surface area (Å²) in [6.45, 7) is 3.85. The van der Waals surface area contributed by atoms with Gasteiger partial charge in [-0.05, 0) is 31.5 Å². The standard InChI is InChI=1S/C16H19FN2O2/c1-12-11-19(8-3-9-21-12)16(20)15-10-14(17)6-5-13(15)4-2-7-18/h5-6,10,12H,3,7-9,11,18H2,1H3. The van der Waals surface area contributed by atoms with Gasteiger partial charge in [-0.1, -0.05) is 11.8 Å². The molecule has 0 spiro atoms. The summed E-state index contributed by atoms with van der Waals surface area (Å²) in [5, 5.41) is 0. The lowest BCUT2D eigenvalue weighted by atomic mass is 10.1. The van der Waals surface area contributed by atoms with Crippen LogP contribution < -0.4 is 5.73 Å². The Morgan fingerprint density at radius 2 is 2.38 bits per heavy atom. The number of ether oxygens (including phenoxy) is 1. The van der Waals surface area contributed by atoms with Crippen LogP contribution in [0, 0.1) is 17.7 Å². The Hall–Kier alpha value is -1.90. The molecule has 1 aliphatic rings. The van der Waals surface area contributed by atoms with E-state index in [0.717, 1.165) is 6.42 Å². The predicted octanol–water partition coefficient (Wildman–Crippen LogP) is 1.39. The van der Waals surface area contributed by atoms with E-state index < -0.39 is 5.82 Å². The van der Waals surface area contributed by atoms with E-state index in [1.807, 2.05) is 6.92 Å². The van der Waals surface area contributed by atoms with E-state index in [2.05, 4.69) is 11.8 Å². The predicted molar refractivity (Wildman–Crippen MR) is 78.3 cm³/mol. The molecule has 1 heterocycles. The Morgan fingerprint density at radius 1 is 1.57 bits per heavy atom. The van der Waals surface area contributed by atoms with E-state index in [0.29, 0.717) is 25.3 Å². The van der Waals surface area contributed by atoms with Crippen molar-refractivity contribution in [1.82, 2.24) is 4.90 Å². The molecule has 0 saturated carbocycles. The number of hydrogen-bond acceptors (Lipinski definition) is 3. The average molecular weight is 290 g/mol. The highest BCUT2D eigenvalue weighted by atomic mass is 19.1.